The number of rotatable bonds is 2. The fraction of sp³-hybridized carbons (Fsp3) is 0.667. The van der Waals surface area contributed by atoms with Crippen molar-refractivity contribution in [3.8, 4) is 0 Å². The fourth-order valence-corrected chi connectivity index (χ4v) is 2.26. The Hall–Kier alpha value is -1.04. The zero-order valence-electron chi connectivity index (χ0n) is 8.98. The van der Waals surface area contributed by atoms with Crippen LogP contribution in [-0.4, -0.2) is 24.0 Å². The summed E-state index contributed by atoms with van der Waals surface area (Å²) in [7, 11) is 1.77. The molecule has 1 aromatic heterocycles. The lowest BCUT2D eigenvalue weighted by atomic mass is 9.82. The van der Waals surface area contributed by atoms with Crippen molar-refractivity contribution in [2.45, 2.75) is 31.6 Å². The predicted octanol–water partition coefficient (Wildman–Crippen LogP) is 0.299. The Morgan fingerprint density at radius 1 is 1.44 bits per heavy atom. The lowest BCUT2D eigenvalue weighted by Crippen LogP contribution is -2.21. The highest BCUT2D eigenvalue weighted by atomic mass is 35.5. The van der Waals surface area contributed by atoms with E-state index in [-0.39, 0.29) is 17.8 Å². The van der Waals surface area contributed by atoms with Crippen molar-refractivity contribution < 1.29 is 13.6 Å². The summed E-state index contributed by atoms with van der Waals surface area (Å²) in [5.74, 6) is 1.20. The fourth-order valence-electron chi connectivity index (χ4n) is 2.13. The van der Waals surface area contributed by atoms with Gasteiger partial charge in [-0.3, -0.25) is 4.79 Å². The Kier molecular flexibility index (Phi) is 3.48. The molecule has 2 rings (SSSR count). The van der Waals surface area contributed by atoms with Gasteiger partial charge in [0.15, 0.2) is 11.6 Å². The van der Waals surface area contributed by atoms with E-state index >= 15 is 0 Å². The molecule has 0 radical (unpaired) electrons. The molecule has 0 amide bonds. The zero-order valence-corrected chi connectivity index (χ0v) is 9.74. The quantitative estimate of drug-likeness (QED) is 0.698. The summed E-state index contributed by atoms with van der Waals surface area (Å²) >= 11 is 5.05. The average molecular weight is 242 g/mol. The molecular weight excluding hydrogens is 230 g/mol. The molecule has 0 unspecified atom stereocenters. The van der Waals surface area contributed by atoms with Gasteiger partial charge in [0.25, 0.3) is 0 Å². The number of halogens is 1. The van der Waals surface area contributed by atoms with E-state index in [9.17, 15) is 4.79 Å². The van der Waals surface area contributed by atoms with E-state index in [1.54, 1.807) is 7.85 Å². The van der Waals surface area contributed by atoms with Gasteiger partial charge in [-0.15, -0.1) is 0 Å². The van der Waals surface area contributed by atoms with E-state index in [0.717, 1.165) is 31.5 Å². The molecule has 86 valence electrons. The van der Waals surface area contributed by atoms with E-state index in [0.29, 0.717) is 5.79 Å². The lowest BCUT2D eigenvalue weighted by molar-refractivity contribution is -0.139. The molecule has 0 aliphatic heterocycles. The number of hydrogen-bond donors (Lipinski definition) is 0. The van der Waals surface area contributed by atoms with Crippen molar-refractivity contribution in [2.24, 2.45) is 5.92 Å². The highest BCUT2D eigenvalue weighted by Crippen LogP contribution is 2.34. The Labute approximate surface area is 99.1 Å². The molecule has 1 aromatic rings. The first kappa shape index (κ1) is 11.5. The SMILES string of the molecule is Bc1nc(C2CCC(C(=O)OCl)CC2)no1. The maximum atomic E-state index is 11.2. The van der Waals surface area contributed by atoms with Gasteiger partial charge >= 0.3 is 5.97 Å². The van der Waals surface area contributed by atoms with Crippen LogP contribution in [0.3, 0.4) is 0 Å². The van der Waals surface area contributed by atoms with E-state index in [2.05, 4.69) is 14.4 Å². The van der Waals surface area contributed by atoms with Gasteiger partial charge < -0.3 is 8.81 Å². The van der Waals surface area contributed by atoms with Gasteiger partial charge in [-0.1, -0.05) is 5.16 Å². The summed E-state index contributed by atoms with van der Waals surface area (Å²) in [5, 5.41) is 3.90. The summed E-state index contributed by atoms with van der Waals surface area (Å²) in [5.41, 5.74) is 0. The largest absolute Gasteiger partial charge is 0.352 e. The third-order valence-corrected chi connectivity index (χ3v) is 3.20. The van der Waals surface area contributed by atoms with Crippen molar-refractivity contribution >= 4 is 31.5 Å². The smallest absolute Gasteiger partial charge is 0.327 e. The minimum atomic E-state index is -0.329. The number of nitrogens with zero attached hydrogens (tertiary/aromatic N) is 2. The van der Waals surface area contributed by atoms with Crippen LogP contribution in [0.2, 0.25) is 0 Å². The van der Waals surface area contributed by atoms with Gasteiger partial charge in [-0.05, 0) is 25.7 Å². The third kappa shape index (κ3) is 2.37. The Balaban J connectivity index is 1.92. The van der Waals surface area contributed by atoms with Crippen LogP contribution in [0.15, 0.2) is 4.52 Å². The molecule has 0 N–H and O–H groups in total. The topological polar surface area (TPSA) is 65.2 Å². The Morgan fingerprint density at radius 3 is 2.62 bits per heavy atom. The molecule has 0 aromatic carbocycles. The molecule has 7 heteroatoms. The minimum Gasteiger partial charge on any atom is -0.352 e. The zero-order chi connectivity index (χ0) is 11.5. The highest BCUT2D eigenvalue weighted by molar-refractivity contribution is 6.28. The molecule has 0 spiro atoms. The van der Waals surface area contributed by atoms with Crippen LogP contribution in [-0.2, 0) is 9.08 Å². The van der Waals surface area contributed by atoms with Crippen LogP contribution in [0.4, 0.5) is 0 Å². The molecule has 1 saturated carbocycles. The first-order valence-electron chi connectivity index (χ1n) is 5.33. The van der Waals surface area contributed by atoms with E-state index < -0.39 is 0 Å². The molecule has 16 heavy (non-hydrogen) atoms. The van der Waals surface area contributed by atoms with E-state index in [1.807, 2.05) is 0 Å². The second-order valence-corrected chi connectivity index (χ2v) is 4.27. The van der Waals surface area contributed by atoms with Crippen molar-refractivity contribution in [1.29, 1.82) is 0 Å². The maximum Gasteiger partial charge on any atom is 0.327 e. The van der Waals surface area contributed by atoms with Crippen LogP contribution in [0.25, 0.3) is 0 Å². The molecule has 0 bridgehead atoms. The average Bonchev–Trinajstić information content (AvgIpc) is 2.75. The van der Waals surface area contributed by atoms with Crippen molar-refractivity contribution in [2.75, 3.05) is 0 Å². The van der Waals surface area contributed by atoms with Crippen LogP contribution in [0.1, 0.15) is 37.4 Å². The lowest BCUT2D eigenvalue weighted by Gasteiger charge is -2.23. The van der Waals surface area contributed by atoms with Crippen molar-refractivity contribution in [3.63, 3.8) is 0 Å². The number of aromatic nitrogens is 2. The summed E-state index contributed by atoms with van der Waals surface area (Å²) in [6, 6.07) is 0. The molecule has 1 aliphatic carbocycles. The van der Waals surface area contributed by atoms with Gasteiger partial charge in [-0.25, -0.2) is 4.98 Å². The van der Waals surface area contributed by atoms with Crippen LogP contribution < -0.4 is 5.79 Å². The normalized spacial score (nSPS) is 25.3. The van der Waals surface area contributed by atoms with Gasteiger partial charge in [-0.2, -0.15) is 0 Å². The van der Waals surface area contributed by atoms with Crippen molar-refractivity contribution in [3.05, 3.63) is 5.82 Å². The van der Waals surface area contributed by atoms with Gasteiger partial charge in [0.1, 0.15) is 11.9 Å². The standard InChI is InChI=1S/C9H12BClN2O3/c10-9-12-7(13-16-9)5-1-3-6(4-2-5)8(14)15-11/h5-6H,1-4,10H2. The molecule has 5 nitrogen and oxygen atoms in total. The van der Waals surface area contributed by atoms with Gasteiger partial charge in [0.05, 0.1) is 5.92 Å². The summed E-state index contributed by atoms with van der Waals surface area (Å²) < 4.78 is 9.16. The molecular formula is C9H12BClN2O3. The Morgan fingerprint density at radius 2 is 2.12 bits per heavy atom. The maximum absolute atomic E-state index is 11.2. The molecule has 1 heterocycles. The third-order valence-electron chi connectivity index (χ3n) is 3.04. The Bertz CT molecular complexity index is 377. The molecule has 1 aliphatic rings. The highest BCUT2D eigenvalue weighted by Gasteiger charge is 2.30. The summed E-state index contributed by atoms with van der Waals surface area (Å²) in [6.45, 7) is 0. The van der Waals surface area contributed by atoms with E-state index in [4.69, 9.17) is 16.4 Å². The van der Waals surface area contributed by atoms with Crippen LogP contribution >= 0.6 is 11.9 Å². The monoisotopic (exact) mass is 242 g/mol. The second-order valence-electron chi connectivity index (χ2n) is 4.12. The van der Waals surface area contributed by atoms with E-state index in [1.165, 1.54) is 0 Å². The van der Waals surface area contributed by atoms with Gasteiger partial charge in [0, 0.05) is 5.92 Å². The molecule has 1 fully saturated rings. The van der Waals surface area contributed by atoms with Crippen LogP contribution in [0.5, 0.6) is 0 Å². The minimum absolute atomic E-state index is 0.0817. The number of carbonyl (C=O) groups is 1. The number of carbonyl (C=O) groups excluding carboxylic acids is 1. The molecule has 0 saturated heterocycles. The first-order chi connectivity index (χ1) is 7.70. The van der Waals surface area contributed by atoms with Crippen LogP contribution in [0, 0.1) is 5.92 Å². The first-order valence-corrected chi connectivity index (χ1v) is 5.64. The summed E-state index contributed by atoms with van der Waals surface area (Å²) in [4.78, 5) is 15.4. The second kappa shape index (κ2) is 4.87. The van der Waals surface area contributed by atoms with Gasteiger partial charge in [0.2, 0.25) is 7.85 Å². The summed E-state index contributed by atoms with van der Waals surface area (Å²) in [6.07, 6.45) is 3.28. The number of hydrogen-bond acceptors (Lipinski definition) is 5. The van der Waals surface area contributed by atoms with Crippen molar-refractivity contribution in [1.82, 2.24) is 10.1 Å². The molecule has 0 atom stereocenters. The predicted molar refractivity (Wildman–Crippen MR) is 59.1 cm³/mol.